The quantitative estimate of drug-likeness (QED) is 0.792. The minimum Gasteiger partial charge on any atom is -0.497 e. The Bertz CT molecular complexity index is 612. The van der Waals surface area contributed by atoms with Crippen LogP contribution in [0.5, 0.6) is 5.75 Å². The Morgan fingerprint density at radius 1 is 1.15 bits per heavy atom. The van der Waals surface area contributed by atoms with Crippen LogP contribution < -0.4 is 4.74 Å². The zero-order valence-corrected chi connectivity index (χ0v) is 17.1. The molecule has 2 heterocycles. The van der Waals surface area contributed by atoms with Gasteiger partial charge in [0.05, 0.1) is 13.7 Å². The van der Waals surface area contributed by atoms with Crippen molar-refractivity contribution in [2.45, 2.75) is 37.8 Å². The van der Waals surface area contributed by atoms with Gasteiger partial charge in [-0.15, -0.1) is 0 Å². The van der Waals surface area contributed by atoms with Gasteiger partial charge >= 0.3 is 6.09 Å². The van der Waals surface area contributed by atoms with Crippen molar-refractivity contribution >= 4 is 6.09 Å². The number of hydrogen-bond donors (Lipinski definition) is 0. The van der Waals surface area contributed by atoms with E-state index in [1.807, 2.05) is 11.8 Å². The minimum atomic E-state index is -0.167. The molecular weight excluding hydrogens is 342 g/mol. The van der Waals surface area contributed by atoms with Crippen molar-refractivity contribution in [3.05, 3.63) is 29.8 Å². The zero-order valence-electron chi connectivity index (χ0n) is 17.1. The molecule has 2 fully saturated rings. The first-order chi connectivity index (χ1) is 13.0. The summed E-state index contributed by atoms with van der Waals surface area (Å²) in [5.41, 5.74) is 1.38. The van der Waals surface area contributed by atoms with E-state index in [0.717, 1.165) is 44.8 Å². The lowest BCUT2D eigenvalue weighted by atomic mass is 9.93. The smallest absolute Gasteiger partial charge is 0.409 e. The van der Waals surface area contributed by atoms with Crippen LogP contribution in [0.4, 0.5) is 4.79 Å². The van der Waals surface area contributed by atoms with Gasteiger partial charge in [0.25, 0.3) is 0 Å². The van der Waals surface area contributed by atoms with Crippen molar-refractivity contribution in [3.63, 3.8) is 0 Å². The van der Waals surface area contributed by atoms with Crippen molar-refractivity contribution in [2.75, 3.05) is 54.0 Å². The first-order valence-corrected chi connectivity index (χ1v) is 9.99. The van der Waals surface area contributed by atoms with Crippen LogP contribution in [-0.4, -0.2) is 86.9 Å². The van der Waals surface area contributed by atoms with Crippen LogP contribution in [0.2, 0.25) is 0 Å². The second-order valence-corrected chi connectivity index (χ2v) is 7.78. The molecule has 0 bridgehead atoms. The minimum absolute atomic E-state index is 0.167. The number of carbonyl (C=O) groups is 1. The predicted octanol–water partition coefficient (Wildman–Crippen LogP) is 2.65. The highest BCUT2D eigenvalue weighted by Gasteiger charge is 2.39. The van der Waals surface area contributed by atoms with Crippen LogP contribution in [0, 0.1) is 0 Å². The Morgan fingerprint density at radius 3 is 2.37 bits per heavy atom. The van der Waals surface area contributed by atoms with E-state index < -0.39 is 0 Å². The third-order valence-corrected chi connectivity index (χ3v) is 6.03. The van der Waals surface area contributed by atoms with Crippen LogP contribution in [0.3, 0.4) is 0 Å². The van der Waals surface area contributed by atoms with Gasteiger partial charge in [-0.2, -0.15) is 0 Å². The molecule has 1 aromatic carbocycles. The van der Waals surface area contributed by atoms with Crippen molar-refractivity contribution in [2.24, 2.45) is 0 Å². The number of ether oxygens (including phenoxy) is 2. The zero-order chi connectivity index (χ0) is 19.4. The van der Waals surface area contributed by atoms with Gasteiger partial charge in [0.2, 0.25) is 0 Å². The molecule has 0 radical (unpaired) electrons. The number of likely N-dealkylation sites (N-methyl/N-ethyl adjacent to an activating group) is 1. The van der Waals surface area contributed by atoms with E-state index in [2.05, 4.69) is 48.2 Å². The number of amides is 1. The molecule has 0 saturated carbocycles. The summed E-state index contributed by atoms with van der Waals surface area (Å²) in [6.45, 7) is 6.03. The molecule has 27 heavy (non-hydrogen) atoms. The molecule has 0 unspecified atom stereocenters. The van der Waals surface area contributed by atoms with Crippen LogP contribution in [0.25, 0.3) is 0 Å². The average molecular weight is 376 g/mol. The van der Waals surface area contributed by atoms with Crippen molar-refractivity contribution in [3.8, 4) is 5.75 Å². The molecule has 3 rings (SSSR count). The summed E-state index contributed by atoms with van der Waals surface area (Å²) in [6, 6.07) is 9.56. The fraction of sp³-hybridized carbons (Fsp3) is 0.667. The molecule has 2 aliphatic rings. The average Bonchev–Trinajstić information content (AvgIpc) is 3.14. The lowest BCUT2D eigenvalue weighted by Gasteiger charge is -2.36. The first-order valence-electron chi connectivity index (χ1n) is 9.99. The molecule has 1 amide bonds. The van der Waals surface area contributed by atoms with Crippen molar-refractivity contribution in [1.82, 2.24) is 14.7 Å². The maximum Gasteiger partial charge on any atom is 0.409 e. The SMILES string of the molecule is CCOC(=O)N1CCC(N2C[C@@H](N(C)C)[C@H](c3ccc(OC)cc3)C2)CC1. The predicted molar refractivity (Wildman–Crippen MR) is 106 cm³/mol. The van der Waals surface area contributed by atoms with Crippen molar-refractivity contribution in [1.29, 1.82) is 0 Å². The van der Waals surface area contributed by atoms with Gasteiger partial charge in [-0.25, -0.2) is 4.79 Å². The van der Waals surface area contributed by atoms with Gasteiger partial charge in [-0.05, 0) is 51.6 Å². The summed E-state index contributed by atoms with van der Waals surface area (Å²) in [4.78, 5) is 18.8. The number of piperidine rings is 1. The molecule has 150 valence electrons. The number of rotatable bonds is 5. The maximum atomic E-state index is 11.9. The number of benzene rings is 1. The fourth-order valence-corrected chi connectivity index (χ4v) is 4.44. The van der Waals surface area contributed by atoms with Crippen molar-refractivity contribution < 1.29 is 14.3 Å². The standard InChI is InChI=1S/C21H33N3O3/c1-5-27-21(25)23-12-10-17(11-13-23)24-14-19(20(15-24)22(2)3)16-6-8-18(26-4)9-7-16/h6-9,17,19-20H,5,10-15H2,1-4H3/t19-,20+/m0/s1. The largest absolute Gasteiger partial charge is 0.497 e. The first kappa shape index (κ1) is 20.0. The summed E-state index contributed by atoms with van der Waals surface area (Å²) in [6.07, 6.45) is 1.88. The molecular formula is C21H33N3O3. The second kappa shape index (κ2) is 8.93. The molecule has 1 aromatic rings. The van der Waals surface area contributed by atoms with E-state index in [0.29, 0.717) is 24.6 Å². The Balaban J connectivity index is 1.63. The van der Waals surface area contributed by atoms with Gasteiger partial charge in [0.1, 0.15) is 5.75 Å². The topological polar surface area (TPSA) is 45.2 Å². The van der Waals surface area contributed by atoms with Crippen LogP contribution in [0.15, 0.2) is 24.3 Å². The van der Waals surface area contributed by atoms with Gasteiger partial charge < -0.3 is 19.3 Å². The highest BCUT2D eigenvalue weighted by atomic mass is 16.6. The number of likely N-dealkylation sites (tertiary alicyclic amines) is 2. The lowest BCUT2D eigenvalue weighted by molar-refractivity contribution is 0.0789. The molecule has 2 aliphatic heterocycles. The number of nitrogens with zero attached hydrogens (tertiary/aromatic N) is 3. The molecule has 0 spiro atoms. The normalized spacial score (nSPS) is 24.4. The fourth-order valence-electron chi connectivity index (χ4n) is 4.44. The Morgan fingerprint density at radius 2 is 1.81 bits per heavy atom. The number of hydrogen-bond acceptors (Lipinski definition) is 5. The summed E-state index contributed by atoms with van der Waals surface area (Å²) in [7, 11) is 6.06. The van der Waals surface area contributed by atoms with E-state index in [1.54, 1.807) is 7.11 Å². The van der Waals surface area contributed by atoms with E-state index in [-0.39, 0.29) is 6.09 Å². The summed E-state index contributed by atoms with van der Waals surface area (Å²) < 4.78 is 10.4. The molecule has 2 saturated heterocycles. The summed E-state index contributed by atoms with van der Waals surface area (Å²) in [5.74, 6) is 1.40. The van der Waals surface area contributed by atoms with Gasteiger partial charge in [-0.1, -0.05) is 12.1 Å². The van der Waals surface area contributed by atoms with Crippen LogP contribution in [0.1, 0.15) is 31.2 Å². The Kier molecular flexibility index (Phi) is 6.60. The van der Waals surface area contributed by atoms with Gasteiger partial charge in [0, 0.05) is 44.2 Å². The van der Waals surface area contributed by atoms with Crippen LogP contribution >= 0.6 is 0 Å². The highest BCUT2D eigenvalue weighted by molar-refractivity contribution is 5.67. The Hall–Kier alpha value is -1.79. The van der Waals surface area contributed by atoms with E-state index in [4.69, 9.17) is 9.47 Å². The Labute approximate surface area is 163 Å². The third-order valence-electron chi connectivity index (χ3n) is 6.03. The monoisotopic (exact) mass is 375 g/mol. The van der Waals surface area contributed by atoms with Crippen LogP contribution in [-0.2, 0) is 4.74 Å². The lowest BCUT2D eigenvalue weighted by Crippen LogP contribution is -2.46. The summed E-state index contributed by atoms with van der Waals surface area (Å²) in [5, 5.41) is 0. The van der Waals surface area contributed by atoms with E-state index >= 15 is 0 Å². The molecule has 6 heteroatoms. The number of carbonyl (C=O) groups excluding carboxylic acids is 1. The highest BCUT2D eigenvalue weighted by Crippen LogP contribution is 2.34. The molecule has 6 nitrogen and oxygen atoms in total. The third kappa shape index (κ3) is 4.55. The van der Waals surface area contributed by atoms with E-state index in [1.165, 1.54) is 5.56 Å². The van der Waals surface area contributed by atoms with Gasteiger partial charge in [-0.3, -0.25) is 4.90 Å². The molecule has 2 atom stereocenters. The second-order valence-electron chi connectivity index (χ2n) is 7.78. The van der Waals surface area contributed by atoms with E-state index in [9.17, 15) is 4.79 Å². The molecule has 0 N–H and O–H groups in total. The van der Waals surface area contributed by atoms with Gasteiger partial charge in [0.15, 0.2) is 0 Å². The number of methoxy groups -OCH3 is 1. The molecule has 0 aromatic heterocycles. The maximum absolute atomic E-state index is 11.9. The molecule has 0 aliphatic carbocycles. The summed E-state index contributed by atoms with van der Waals surface area (Å²) >= 11 is 0.